The standard InChI is InChI=1S/C18H17NO5S3/c1-24-18(21)12-4-6-13(7-5-12)27(22,23)19-11-14(20)15-8-9-17(26-15)16-3-2-10-25-16/h2-10,14,19-20H,11H2,1H3. The molecule has 0 fully saturated rings. The van der Waals surface area contributed by atoms with Gasteiger partial charge < -0.3 is 9.84 Å². The minimum atomic E-state index is -3.80. The van der Waals surface area contributed by atoms with E-state index in [2.05, 4.69) is 9.46 Å². The summed E-state index contributed by atoms with van der Waals surface area (Å²) in [6.07, 6.45) is -0.951. The Morgan fingerprint density at radius 2 is 1.89 bits per heavy atom. The molecule has 0 spiro atoms. The van der Waals surface area contributed by atoms with E-state index in [1.54, 1.807) is 17.4 Å². The fourth-order valence-corrected chi connectivity index (χ4v) is 5.21. The molecule has 2 aromatic heterocycles. The van der Waals surface area contributed by atoms with E-state index >= 15 is 0 Å². The van der Waals surface area contributed by atoms with Gasteiger partial charge in [-0.25, -0.2) is 17.9 Å². The van der Waals surface area contributed by atoms with Crippen LogP contribution in [0.25, 0.3) is 9.75 Å². The third-order valence-corrected chi connectivity index (χ3v) is 7.46. The molecule has 27 heavy (non-hydrogen) atoms. The van der Waals surface area contributed by atoms with Crippen molar-refractivity contribution in [2.75, 3.05) is 13.7 Å². The summed E-state index contributed by atoms with van der Waals surface area (Å²) < 4.78 is 31.7. The fourth-order valence-electron chi connectivity index (χ4n) is 2.34. The van der Waals surface area contributed by atoms with Gasteiger partial charge >= 0.3 is 5.97 Å². The van der Waals surface area contributed by atoms with Crippen LogP contribution in [-0.4, -0.2) is 33.1 Å². The molecule has 2 heterocycles. The number of sulfonamides is 1. The maximum absolute atomic E-state index is 12.4. The molecule has 0 amide bonds. The number of thiophene rings is 2. The van der Waals surface area contributed by atoms with Crippen molar-refractivity contribution in [1.82, 2.24) is 4.72 Å². The van der Waals surface area contributed by atoms with Gasteiger partial charge in [0, 0.05) is 21.2 Å². The Balaban J connectivity index is 1.65. The molecule has 0 saturated heterocycles. The summed E-state index contributed by atoms with van der Waals surface area (Å²) in [5.74, 6) is -0.540. The van der Waals surface area contributed by atoms with Crippen molar-refractivity contribution in [3.63, 3.8) is 0 Å². The second-order valence-electron chi connectivity index (χ2n) is 5.56. The maximum Gasteiger partial charge on any atom is 0.337 e. The zero-order valence-electron chi connectivity index (χ0n) is 14.3. The topological polar surface area (TPSA) is 92.7 Å². The Bertz CT molecular complexity index is 1010. The summed E-state index contributed by atoms with van der Waals surface area (Å²) in [7, 11) is -2.55. The average Bonchev–Trinajstić information content (AvgIpc) is 3.37. The van der Waals surface area contributed by atoms with Crippen LogP contribution in [0.1, 0.15) is 21.3 Å². The number of esters is 1. The van der Waals surface area contributed by atoms with E-state index in [0.29, 0.717) is 4.88 Å². The molecule has 0 saturated carbocycles. The molecule has 6 nitrogen and oxygen atoms in total. The SMILES string of the molecule is COC(=O)c1ccc(S(=O)(=O)NCC(O)c2ccc(-c3cccs3)s2)cc1. The van der Waals surface area contributed by atoms with E-state index in [1.165, 1.54) is 42.7 Å². The van der Waals surface area contributed by atoms with Crippen molar-refractivity contribution >= 4 is 38.7 Å². The second-order valence-corrected chi connectivity index (χ2v) is 9.39. The Labute approximate surface area is 165 Å². The number of methoxy groups -OCH3 is 1. The van der Waals surface area contributed by atoms with E-state index in [9.17, 15) is 18.3 Å². The lowest BCUT2D eigenvalue weighted by atomic mass is 10.2. The van der Waals surface area contributed by atoms with Gasteiger partial charge in [0.1, 0.15) is 6.10 Å². The highest BCUT2D eigenvalue weighted by molar-refractivity contribution is 7.89. The van der Waals surface area contributed by atoms with Gasteiger partial charge in [-0.1, -0.05) is 6.07 Å². The largest absolute Gasteiger partial charge is 0.465 e. The molecule has 0 radical (unpaired) electrons. The van der Waals surface area contributed by atoms with Crippen molar-refractivity contribution in [2.24, 2.45) is 0 Å². The van der Waals surface area contributed by atoms with E-state index in [4.69, 9.17) is 0 Å². The van der Waals surface area contributed by atoms with Gasteiger partial charge in [-0.05, 0) is 47.8 Å². The van der Waals surface area contributed by atoms with Gasteiger partial charge in [0.05, 0.1) is 17.6 Å². The predicted molar refractivity (Wildman–Crippen MR) is 106 cm³/mol. The van der Waals surface area contributed by atoms with E-state index in [0.717, 1.165) is 9.75 Å². The van der Waals surface area contributed by atoms with E-state index in [-0.39, 0.29) is 17.0 Å². The molecule has 0 bridgehead atoms. The summed E-state index contributed by atoms with van der Waals surface area (Å²) in [6, 6.07) is 13.1. The monoisotopic (exact) mass is 423 g/mol. The number of ether oxygens (including phenoxy) is 1. The van der Waals surface area contributed by atoms with Gasteiger partial charge in [0.2, 0.25) is 10.0 Å². The molecule has 3 aromatic rings. The molecule has 1 unspecified atom stereocenters. The smallest absolute Gasteiger partial charge is 0.337 e. The predicted octanol–water partition coefficient (Wildman–Crippen LogP) is 3.28. The molecule has 2 N–H and O–H groups in total. The van der Waals surface area contributed by atoms with Gasteiger partial charge in [-0.3, -0.25) is 0 Å². The van der Waals surface area contributed by atoms with E-state index in [1.807, 2.05) is 23.6 Å². The highest BCUT2D eigenvalue weighted by Crippen LogP contribution is 2.33. The van der Waals surface area contributed by atoms with Crippen LogP contribution in [0.5, 0.6) is 0 Å². The summed E-state index contributed by atoms with van der Waals surface area (Å²) in [6.45, 7) is -0.147. The lowest BCUT2D eigenvalue weighted by molar-refractivity contribution is 0.0600. The molecule has 0 aliphatic carbocycles. The van der Waals surface area contributed by atoms with Crippen LogP contribution >= 0.6 is 22.7 Å². The van der Waals surface area contributed by atoms with Crippen LogP contribution < -0.4 is 4.72 Å². The number of carbonyl (C=O) groups excluding carboxylic acids is 1. The number of aliphatic hydroxyl groups excluding tert-OH is 1. The second kappa shape index (κ2) is 8.32. The number of benzene rings is 1. The zero-order chi connectivity index (χ0) is 19.4. The van der Waals surface area contributed by atoms with E-state index < -0.39 is 22.1 Å². The first kappa shape index (κ1) is 19.7. The molecule has 0 aliphatic heterocycles. The summed E-state index contributed by atoms with van der Waals surface area (Å²) >= 11 is 3.03. The van der Waals surface area contributed by atoms with Crippen molar-refractivity contribution < 1.29 is 23.1 Å². The van der Waals surface area contributed by atoms with Crippen LogP contribution in [0.4, 0.5) is 0 Å². The molecule has 1 atom stereocenters. The fraction of sp³-hybridized carbons (Fsp3) is 0.167. The summed E-state index contributed by atoms with van der Waals surface area (Å²) in [4.78, 5) is 14.2. The third kappa shape index (κ3) is 4.63. The normalized spacial score (nSPS) is 12.7. The number of nitrogens with one attached hydrogen (secondary N) is 1. The van der Waals surface area contributed by atoms with Crippen molar-refractivity contribution in [3.05, 3.63) is 64.4 Å². The van der Waals surface area contributed by atoms with Crippen molar-refractivity contribution in [3.8, 4) is 9.75 Å². The Hall–Kier alpha value is -2.04. The first-order valence-corrected chi connectivity index (χ1v) is 11.1. The van der Waals surface area contributed by atoms with Crippen LogP contribution in [-0.2, 0) is 14.8 Å². The van der Waals surface area contributed by atoms with Gasteiger partial charge in [-0.2, -0.15) is 0 Å². The van der Waals surface area contributed by atoms with Crippen LogP contribution in [0.3, 0.4) is 0 Å². The molecule has 3 rings (SSSR count). The summed E-state index contributed by atoms with van der Waals surface area (Å²) in [5, 5.41) is 12.3. The number of hydrogen-bond donors (Lipinski definition) is 2. The Morgan fingerprint density at radius 3 is 2.52 bits per heavy atom. The molecular weight excluding hydrogens is 406 g/mol. The number of rotatable bonds is 7. The highest BCUT2D eigenvalue weighted by atomic mass is 32.2. The first-order chi connectivity index (χ1) is 12.9. The van der Waals surface area contributed by atoms with Crippen LogP contribution in [0.2, 0.25) is 0 Å². The van der Waals surface area contributed by atoms with Crippen LogP contribution in [0, 0.1) is 0 Å². The van der Waals surface area contributed by atoms with Crippen molar-refractivity contribution in [1.29, 1.82) is 0 Å². The number of aliphatic hydroxyl groups is 1. The molecular formula is C18H17NO5S3. The maximum atomic E-state index is 12.4. The average molecular weight is 424 g/mol. The summed E-state index contributed by atoms with van der Waals surface area (Å²) in [5.41, 5.74) is 0.260. The molecule has 9 heteroatoms. The first-order valence-electron chi connectivity index (χ1n) is 7.90. The zero-order valence-corrected chi connectivity index (χ0v) is 16.7. The number of hydrogen-bond acceptors (Lipinski definition) is 7. The van der Waals surface area contributed by atoms with Crippen molar-refractivity contribution in [2.45, 2.75) is 11.0 Å². The lowest BCUT2D eigenvalue weighted by Gasteiger charge is -2.11. The van der Waals surface area contributed by atoms with Gasteiger partial charge in [-0.15, -0.1) is 22.7 Å². The minimum absolute atomic E-state index is 0.00723. The van der Waals surface area contributed by atoms with Gasteiger partial charge in [0.25, 0.3) is 0 Å². The minimum Gasteiger partial charge on any atom is -0.465 e. The molecule has 142 valence electrons. The third-order valence-electron chi connectivity index (χ3n) is 3.77. The Morgan fingerprint density at radius 1 is 1.15 bits per heavy atom. The molecule has 0 aliphatic rings. The van der Waals surface area contributed by atoms with Gasteiger partial charge in [0.15, 0.2) is 0 Å². The number of carbonyl (C=O) groups is 1. The molecule has 1 aromatic carbocycles. The van der Waals surface area contributed by atoms with Crippen LogP contribution in [0.15, 0.2) is 58.8 Å². The quantitative estimate of drug-likeness (QED) is 0.569. The highest BCUT2D eigenvalue weighted by Gasteiger charge is 2.19. The Kier molecular flexibility index (Phi) is 6.08. The lowest BCUT2D eigenvalue weighted by Crippen LogP contribution is -2.28.